The number of ether oxygens (including phenoxy) is 2. The van der Waals surface area contributed by atoms with E-state index in [1.165, 1.54) is 20.3 Å². The van der Waals surface area contributed by atoms with Crippen LogP contribution >= 0.6 is 11.6 Å². The third kappa shape index (κ3) is 5.70. The van der Waals surface area contributed by atoms with Crippen molar-refractivity contribution < 1.29 is 23.9 Å². The average molecular weight is 354 g/mol. The van der Waals surface area contributed by atoms with E-state index in [0.717, 1.165) is 0 Å². The molecule has 130 valence electrons. The number of carbonyl (C=O) groups excluding carboxylic acids is 2. The lowest BCUT2D eigenvalue weighted by molar-refractivity contribution is -0.148. The number of oxime groups is 1. The Bertz CT molecular complexity index is 674. The minimum absolute atomic E-state index is 0.0412. The van der Waals surface area contributed by atoms with Gasteiger partial charge in [-0.2, -0.15) is 0 Å². The standard InChI is InChI=1S/C17H20ClNO5/c1-17(2,3)24-15(20)13(18)10-11-8-6-7-9-12(11)14(19-23-5)16(21)22-4/h6-10H,1-5H3/b13-10-,19-14?. The Morgan fingerprint density at radius 2 is 1.75 bits per heavy atom. The molecule has 0 aliphatic heterocycles. The Morgan fingerprint density at radius 1 is 1.12 bits per heavy atom. The number of hydrogen-bond donors (Lipinski definition) is 0. The minimum Gasteiger partial charge on any atom is -0.464 e. The Hall–Kier alpha value is -2.34. The molecule has 0 bridgehead atoms. The molecule has 0 spiro atoms. The first kappa shape index (κ1) is 19.7. The van der Waals surface area contributed by atoms with Crippen LogP contribution in [0.15, 0.2) is 34.5 Å². The lowest BCUT2D eigenvalue weighted by atomic mass is 10.0. The van der Waals surface area contributed by atoms with Gasteiger partial charge >= 0.3 is 11.9 Å². The molecule has 0 unspecified atom stereocenters. The summed E-state index contributed by atoms with van der Waals surface area (Å²) in [6.07, 6.45) is 1.40. The number of benzene rings is 1. The topological polar surface area (TPSA) is 74.2 Å². The van der Waals surface area contributed by atoms with E-state index in [-0.39, 0.29) is 10.7 Å². The second-order valence-electron chi connectivity index (χ2n) is 5.70. The third-order valence-corrected chi connectivity index (χ3v) is 2.92. The smallest absolute Gasteiger partial charge is 0.360 e. The molecule has 0 radical (unpaired) electrons. The first-order chi connectivity index (χ1) is 11.2. The van der Waals surface area contributed by atoms with E-state index in [2.05, 4.69) is 5.16 Å². The van der Waals surface area contributed by atoms with Crippen LogP contribution in [0.2, 0.25) is 0 Å². The normalized spacial score (nSPS) is 12.6. The zero-order valence-corrected chi connectivity index (χ0v) is 15.0. The van der Waals surface area contributed by atoms with Gasteiger partial charge in [-0.15, -0.1) is 0 Å². The third-order valence-electron chi connectivity index (χ3n) is 2.65. The molecule has 0 saturated heterocycles. The van der Waals surface area contributed by atoms with Crippen molar-refractivity contribution in [2.75, 3.05) is 14.2 Å². The van der Waals surface area contributed by atoms with E-state index in [1.807, 2.05) is 0 Å². The van der Waals surface area contributed by atoms with Gasteiger partial charge in [0.15, 0.2) is 5.71 Å². The zero-order chi connectivity index (χ0) is 18.3. The van der Waals surface area contributed by atoms with E-state index >= 15 is 0 Å². The SMILES string of the molecule is CON=C(C(=O)OC)c1ccccc1/C=C(\Cl)C(=O)OC(C)(C)C. The number of esters is 2. The first-order valence-electron chi connectivity index (χ1n) is 7.09. The van der Waals surface area contributed by atoms with E-state index in [9.17, 15) is 9.59 Å². The maximum Gasteiger partial charge on any atom is 0.360 e. The van der Waals surface area contributed by atoms with Crippen molar-refractivity contribution in [2.24, 2.45) is 5.16 Å². The fourth-order valence-corrected chi connectivity index (χ4v) is 1.90. The van der Waals surface area contributed by atoms with E-state index < -0.39 is 17.5 Å². The van der Waals surface area contributed by atoms with Crippen molar-refractivity contribution in [3.8, 4) is 0 Å². The van der Waals surface area contributed by atoms with E-state index in [4.69, 9.17) is 25.9 Å². The summed E-state index contributed by atoms with van der Waals surface area (Å²) in [4.78, 5) is 28.6. The van der Waals surface area contributed by atoms with Crippen LogP contribution in [0, 0.1) is 0 Å². The maximum absolute atomic E-state index is 12.0. The molecule has 0 N–H and O–H groups in total. The van der Waals surface area contributed by atoms with Gasteiger partial charge in [-0.05, 0) is 32.4 Å². The predicted molar refractivity (Wildman–Crippen MR) is 91.7 cm³/mol. The molecule has 0 amide bonds. The number of nitrogens with zero attached hydrogens (tertiary/aromatic N) is 1. The molecule has 24 heavy (non-hydrogen) atoms. The molecule has 0 atom stereocenters. The van der Waals surface area contributed by atoms with Crippen LogP contribution in [0.4, 0.5) is 0 Å². The molecule has 7 heteroatoms. The summed E-state index contributed by atoms with van der Waals surface area (Å²) < 4.78 is 9.90. The van der Waals surface area contributed by atoms with Gasteiger partial charge in [0, 0.05) is 5.56 Å². The summed E-state index contributed by atoms with van der Waals surface area (Å²) in [6.45, 7) is 5.22. The summed E-state index contributed by atoms with van der Waals surface area (Å²) in [5, 5.41) is 3.57. The fraction of sp³-hybridized carbons (Fsp3) is 0.353. The highest BCUT2D eigenvalue weighted by molar-refractivity contribution is 6.45. The number of halogens is 1. The Morgan fingerprint density at radius 3 is 2.29 bits per heavy atom. The number of rotatable bonds is 5. The molecule has 1 rings (SSSR count). The fourth-order valence-electron chi connectivity index (χ4n) is 1.75. The van der Waals surface area contributed by atoms with Gasteiger partial charge in [0.25, 0.3) is 0 Å². The quantitative estimate of drug-likeness (QED) is 0.352. The summed E-state index contributed by atoms with van der Waals surface area (Å²) in [5.41, 5.74) is 0.196. The van der Waals surface area contributed by atoms with Crippen molar-refractivity contribution in [3.63, 3.8) is 0 Å². The van der Waals surface area contributed by atoms with Gasteiger partial charge in [-0.1, -0.05) is 41.0 Å². The first-order valence-corrected chi connectivity index (χ1v) is 7.46. The average Bonchev–Trinajstić information content (AvgIpc) is 2.51. The molecular formula is C17H20ClNO5. The Kier molecular flexibility index (Phi) is 6.97. The van der Waals surface area contributed by atoms with Crippen molar-refractivity contribution >= 4 is 35.3 Å². The number of hydrogen-bond acceptors (Lipinski definition) is 6. The highest BCUT2D eigenvalue weighted by Gasteiger charge is 2.21. The van der Waals surface area contributed by atoms with Crippen LogP contribution < -0.4 is 0 Å². The molecule has 0 saturated carbocycles. The Balaban J connectivity index is 3.27. The molecule has 0 fully saturated rings. The van der Waals surface area contributed by atoms with Crippen molar-refractivity contribution in [1.82, 2.24) is 0 Å². The maximum atomic E-state index is 12.0. The monoisotopic (exact) mass is 353 g/mol. The summed E-state index contributed by atoms with van der Waals surface area (Å²) in [7, 11) is 2.55. The van der Waals surface area contributed by atoms with Crippen LogP contribution in [0.1, 0.15) is 31.9 Å². The van der Waals surface area contributed by atoms with Gasteiger partial charge in [-0.3, -0.25) is 0 Å². The van der Waals surface area contributed by atoms with E-state index in [0.29, 0.717) is 11.1 Å². The number of carbonyl (C=O) groups is 2. The van der Waals surface area contributed by atoms with E-state index in [1.54, 1.807) is 45.0 Å². The molecular weight excluding hydrogens is 334 g/mol. The van der Waals surface area contributed by atoms with Gasteiger partial charge in [0.05, 0.1) is 7.11 Å². The second-order valence-corrected chi connectivity index (χ2v) is 6.10. The molecule has 6 nitrogen and oxygen atoms in total. The predicted octanol–water partition coefficient (Wildman–Crippen LogP) is 3.13. The van der Waals surface area contributed by atoms with Crippen molar-refractivity contribution in [2.45, 2.75) is 26.4 Å². The highest BCUT2D eigenvalue weighted by atomic mass is 35.5. The zero-order valence-electron chi connectivity index (χ0n) is 14.3. The van der Waals surface area contributed by atoms with Gasteiger partial charge in [-0.25, -0.2) is 9.59 Å². The van der Waals surface area contributed by atoms with Crippen LogP contribution in [0.3, 0.4) is 0 Å². The summed E-state index contributed by atoms with van der Waals surface area (Å²) in [6, 6.07) is 6.76. The van der Waals surface area contributed by atoms with Crippen LogP contribution in [0.25, 0.3) is 6.08 Å². The Labute approximate surface area is 146 Å². The molecule has 0 aliphatic carbocycles. The molecule has 0 heterocycles. The summed E-state index contributed by atoms with van der Waals surface area (Å²) in [5.74, 6) is -1.34. The van der Waals surface area contributed by atoms with Crippen LogP contribution in [-0.4, -0.2) is 37.5 Å². The molecule has 0 aliphatic rings. The molecule has 0 aromatic heterocycles. The molecule has 1 aromatic rings. The second kappa shape index (κ2) is 8.49. The van der Waals surface area contributed by atoms with Gasteiger partial charge in [0.1, 0.15) is 17.7 Å². The van der Waals surface area contributed by atoms with Crippen LogP contribution in [-0.2, 0) is 23.9 Å². The van der Waals surface area contributed by atoms with Gasteiger partial charge < -0.3 is 14.3 Å². The highest BCUT2D eigenvalue weighted by Crippen LogP contribution is 2.20. The number of methoxy groups -OCH3 is 1. The van der Waals surface area contributed by atoms with Crippen molar-refractivity contribution in [3.05, 3.63) is 40.4 Å². The largest absolute Gasteiger partial charge is 0.464 e. The van der Waals surface area contributed by atoms with Gasteiger partial charge in [0.2, 0.25) is 0 Å². The lowest BCUT2D eigenvalue weighted by Gasteiger charge is -2.19. The van der Waals surface area contributed by atoms with Crippen LogP contribution in [0.5, 0.6) is 0 Å². The van der Waals surface area contributed by atoms with Crippen molar-refractivity contribution in [1.29, 1.82) is 0 Å². The molecule has 1 aromatic carbocycles. The lowest BCUT2D eigenvalue weighted by Crippen LogP contribution is -2.24. The summed E-state index contributed by atoms with van der Waals surface area (Å²) >= 11 is 6.04. The minimum atomic E-state index is -0.675.